The predicted molar refractivity (Wildman–Crippen MR) is 96.8 cm³/mol. The van der Waals surface area contributed by atoms with Gasteiger partial charge in [-0.25, -0.2) is 13.8 Å². The first kappa shape index (κ1) is 18.6. The van der Waals surface area contributed by atoms with Gasteiger partial charge in [0.2, 0.25) is 0 Å². The molecule has 0 fully saturated rings. The topological polar surface area (TPSA) is 44.7 Å². The van der Waals surface area contributed by atoms with Gasteiger partial charge in [-0.05, 0) is 55.8 Å². The average molecular weight is 345 g/mol. The molecule has 0 bridgehead atoms. The first-order valence-corrected chi connectivity index (χ1v) is 7.98. The van der Waals surface area contributed by atoms with Gasteiger partial charge in [0.1, 0.15) is 17.3 Å². The van der Waals surface area contributed by atoms with Crippen LogP contribution in [0.5, 0.6) is 0 Å². The quantitative estimate of drug-likeness (QED) is 0.465. The fourth-order valence-corrected chi connectivity index (χ4v) is 2.15. The van der Waals surface area contributed by atoms with Crippen molar-refractivity contribution >= 4 is 23.5 Å². The van der Waals surface area contributed by atoms with E-state index in [1.807, 2.05) is 18.9 Å². The maximum absolute atomic E-state index is 14.2. The fourth-order valence-electron chi connectivity index (χ4n) is 2.15. The molecule has 1 N–H and O–H groups in total. The first-order valence-electron chi connectivity index (χ1n) is 7.98. The smallest absolute Gasteiger partial charge is 0.182 e. The lowest BCUT2D eigenvalue weighted by Crippen LogP contribution is -2.16. The lowest BCUT2D eigenvalue weighted by Gasteiger charge is -2.11. The Balaban J connectivity index is 2.10. The summed E-state index contributed by atoms with van der Waals surface area (Å²) in [4.78, 5) is 18.3. The summed E-state index contributed by atoms with van der Waals surface area (Å²) in [6.45, 7) is 4.46. The zero-order chi connectivity index (χ0) is 18.4. The molecule has 132 valence electrons. The Hall–Kier alpha value is -2.76. The van der Waals surface area contributed by atoms with Gasteiger partial charge in [-0.1, -0.05) is 0 Å². The van der Waals surface area contributed by atoms with Crippen molar-refractivity contribution in [2.24, 2.45) is 4.99 Å². The second kappa shape index (κ2) is 8.37. The molecule has 0 amide bonds. The Morgan fingerprint density at radius 3 is 2.56 bits per heavy atom. The third-order valence-corrected chi connectivity index (χ3v) is 3.78. The number of aryl methyl sites for hydroxylation is 1. The second-order valence-corrected chi connectivity index (χ2v) is 5.72. The van der Waals surface area contributed by atoms with Crippen molar-refractivity contribution in [3.05, 3.63) is 59.2 Å². The minimum atomic E-state index is -0.545. The first-order chi connectivity index (χ1) is 11.9. The van der Waals surface area contributed by atoms with Gasteiger partial charge in [0.15, 0.2) is 5.78 Å². The van der Waals surface area contributed by atoms with Crippen LogP contribution in [0.2, 0.25) is 0 Å². The Bertz CT molecular complexity index is 773. The Morgan fingerprint density at radius 1 is 1.24 bits per heavy atom. The highest BCUT2D eigenvalue weighted by Gasteiger charge is 2.13. The van der Waals surface area contributed by atoms with E-state index in [9.17, 15) is 13.6 Å². The Morgan fingerprint density at radius 2 is 1.92 bits per heavy atom. The van der Waals surface area contributed by atoms with E-state index in [-0.39, 0.29) is 23.8 Å². The van der Waals surface area contributed by atoms with Gasteiger partial charge in [-0.2, -0.15) is 0 Å². The lowest BCUT2D eigenvalue weighted by atomic mass is 10.0. The standard InChI is InChI=1S/C19H21F2N3O/c1-4-24(3)12-23-18-9-13(2)16(10-17(18)21)19(25)11-22-15-7-5-14(20)6-8-15/h5-10,12,22H,4,11H2,1-3H3. The zero-order valence-electron chi connectivity index (χ0n) is 14.5. The third-order valence-electron chi connectivity index (χ3n) is 3.78. The minimum Gasteiger partial charge on any atom is -0.378 e. The van der Waals surface area contributed by atoms with Crippen LogP contribution in [0.1, 0.15) is 22.8 Å². The number of hydrogen-bond donors (Lipinski definition) is 1. The summed E-state index contributed by atoms with van der Waals surface area (Å²) in [6, 6.07) is 8.45. The highest BCUT2D eigenvalue weighted by Crippen LogP contribution is 2.23. The number of Topliss-reactive ketones (excluding diaryl/α,β-unsaturated/α-hetero) is 1. The molecule has 2 rings (SSSR count). The minimum absolute atomic E-state index is 0.00685. The molecule has 0 aliphatic carbocycles. The van der Waals surface area contributed by atoms with Crippen molar-refractivity contribution in [1.29, 1.82) is 0 Å². The third kappa shape index (κ3) is 5.11. The van der Waals surface area contributed by atoms with E-state index in [2.05, 4.69) is 10.3 Å². The number of nitrogens with one attached hydrogen (secondary N) is 1. The van der Waals surface area contributed by atoms with E-state index in [1.54, 1.807) is 19.3 Å². The van der Waals surface area contributed by atoms with Gasteiger partial charge in [0.05, 0.1) is 12.9 Å². The maximum atomic E-state index is 14.2. The number of nitrogens with zero attached hydrogens (tertiary/aromatic N) is 2. The largest absolute Gasteiger partial charge is 0.378 e. The van der Waals surface area contributed by atoms with Crippen LogP contribution in [0.15, 0.2) is 41.4 Å². The van der Waals surface area contributed by atoms with Gasteiger partial charge >= 0.3 is 0 Å². The van der Waals surface area contributed by atoms with E-state index in [4.69, 9.17) is 0 Å². The van der Waals surface area contributed by atoms with Gasteiger partial charge in [0, 0.05) is 24.8 Å². The molecular weight excluding hydrogens is 324 g/mol. The number of hydrogen-bond acceptors (Lipinski definition) is 3. The van der Waals surface area contributed by atoms with Crippen molar-refractivity contribution in [3.63, 3.8) is 0 Å². The molecule has 2 aromatic rings. The number of aliphatic imine (C=N–C) groups is 1. The summed E-state index contributed by atoms with van der Waals surface area (Å²) in [5.74, 6) is -1.14. The molecular formula is C19H21F2N3O. The molecule has 0 saturated heterocycles. The summed E-state index contributed by atoms with van der Waals surface area (Å²) in [5.41, 5.74) is 1.77. The normalized spacial score (nSPS) is 10.9. The molecule has 4 nitrogen and oxygen atoms in total. The van der Waals surface area contributed by atoms with Crippen LogP contribution in [0, 0.1) is 18.6 Å². The monoisotopic (exact) mass is 345 g/mol. The molecule has 0 aromatic heterocycles. The van der Waals surface area contributed by atoms with Crippen LogP contribution in [0.4, 0.5) is 20.2 Å². The molecule has 0 aliphatic rings. The van der Waals surface area contributed by atoms with Gasteiger partial charge in [-0.3, -0.25) is 4.79 Å². The van der Waals surface area contributed by atoms with Crippen LogP contribution >= 0.6 is 0 Å². The Labute approximate surface area is 146 Å². The number of carbonyl (C=O) groups is 1. The molecule has 0 heterocycles. The van der Waals surface area contributed by atoms with Gasteiger partial charge in [0.25, 0.3) is 0 Å². The van der Waals surface area contributed by atoms with Crippen LogP contribution < -0.4 is 5.32 Å². The van der Waals surface area contributed by atoms with Crippen LogP contribution in [0.3, 0.4) is 0 Å². The SMILES string of the molecule is CCN(C)C=Nc1cc(C)c(C(=O)CNc2ccc(F)cc2)cc1F. The molecule has 0 atom stereocenters. The highest BCUT2D eigenvalue weighted by molar-refractivity contribution is 6.00. The summed E-state index contributed by atoms with van der Waals surface area (Å²) < 4.78 is 27.1. The molecule has 0 unspecified atom stereocenters. The van der Waals surface area contributed by atoms with E-state index in [0.29, 0.717) is 16.8 Å². The summed E-state index contributed by atoms with van der Waals surface area (Å²) in [5, 5.41) is 2.90. The summed E-state index contributed by atoms with van der Waals surface area (Å²) in [7, 11) is 1.84. The molecule has 0 spiro atoms. The lowest BCUT2D eigenvalue weighted by molar-refractivity contribution is 0.100. The van der Waals surface area contributed by atoms with Gasteiger partial charge in [-0.15, -0.1) is 0 Å². The summed E-state index contributed by atoms with van der Waals surface area (Å²) >= 11 is 0. The Kier molecular flexibility index (Phi) is 6.22. The van der Waals surface area contributed by atoms with E-state index in [0.717, 1.165) is 6.54 Å². The number of benzene rings is 2. The van der Waals surface area contributed by atoms with Crippen molar-refractivity contribution in [2.45, 2.75) is 13.8 Å². The highest BCUT2D eigenvalue weighted by atomic mass is 19.1. The van der Waals surface area contributed by atoms with Crippen LogP contribution in [-0.2, 0) is 0 Å². The predicted octanol–water partition coefficient (Wildman–Crippen LogP) is 4.18. The van der Waals surface area contributed by atoms with E-state index >= 15 is 0 Å². The zero-order valence-corrected chi connectivity index (χ0v) is 14.5. The molecule has 0 radical (unpaired) electrons. The molecule has 0 saturated carbocycles. The molecule has 0 aliphatic heterocycles. The van der Waals surface area contributed by atoms with E-state index in [1.165, 1.54) is 30.3 Å². The van der Waals surface area contributed by atoms with Crippen molar-refractivity contribution in [3.8, 4) is 0 Å². The molecule has 25 heavy (non-hydrogen) atoms. The number of halogens is 2. The summed E-state index contributed by atoms with van der Waals surface area (Å²) in [6.07, 6.45) is 1.55. The van der Waals surface area contributed by atoms with Crippen LogP contribution in [0.25, 0.3) is 0 Å². The average Bonchev–Trinajstić information content (AvgIpc) is 2.61. The number of carbonyl (C=O) groups excluding carboxylic acids is 1. The second-order valence-electron chi connectivity index (χ2n) is 5.72. The number of anilines is 1. The van der Waals surface area contributed by atoms with Gasteiger partial charge < -0.3 is 10.2 Å². The van der Waals surface area contributed by atoms with Crippen molar-refractivity contribution in [1.82, 2.24) is 4.90 Å². The number of rotatable bonds is 7. The maximum Gasteiger partial charge on any atom is 0.182 e. The fraction of sp³-hybridized carbons (Fsp3) is 0.263. The van der Waals surface area contributed by atoms with E-state index < -0.39 is 5.82 Å². The van der Waals surface area contributed by atoms with Crippen molar-refractivity contribution < 1.29 is 13.6 Å². The molecule has 6 heteroatoms. The van der Waals surface area contributed by atoms with Crippen molar-refractivity contribution in [2.75, 3.05) is 25.5 Å². The number of ketones is 1. The molecule has 2 aromatic carbocycles. The van der Waals surface area contributed by atoms with Crippen LogP contribution in [-0.4, -0.2) is 37.2 Å².